The van der Waals surface area contributed by atoms with Crippen molar-refractivity contribution in [1.29, 1.82) is 0 Å². The van der Waals surface area contributed by atoms with Gasteiger partial charge in [-0.05, 0) is 36.7 Å². The first-order valence-electron chi connectivity index (χ1n) is 5.60. The van der Waals surface area contributed by atoms with Crippen LogP contribution in [0.3, 0.4) is 0 Å². The molecule has 0 bridgehead atoms. The topological polar surface area (TPSA) is 32.3 Å². The number of aliphatic hydroxyl groups is 1. The number of aliphatic hydroxyl groups excluding tert-OH is 1. The summed E-state index contributed by atoms with van der Waals surface area (Å²) in [5.41, 5.74) is -0.951. The predicted molar refractivity (Wildman–Crippen MR) is 59.5 cm³/mol. The van der Waals surface area contributed by atoms with Crippen LogP contribution in [0.4, 0.5) is 17.6 Å². The van der Waals surface area contributed by atoms with Crippen LogP contribution in [0.1, 0.15) is 30.5 Å². The van der Waals surface area contributed by atoms with E-state index in [1.54, 1.807) is 0 Å². The molecule has 0 aliphatic rings. The molecule has 0 amide bonds. The van der Waals surface area contributed by atoms with E-state index < -0.39 is 23.6 Å². The van der Waals surface area contributed by atoms with Crippen molar-refractivity contribution in [3.8, 4) is 0 Å². The third kappa shape index (κ3) is 3.96. The summed E-state index contributed by atoms with van der Waals surface area (Å²) in [5.74, 6) is -0.962. The number of alkyl halides is 3. The Bertz CT molecular complexity index is 392. The highest BCUT2D eigenvalue weighted by Crippen LogP contribution is 2.31. The van der Waals surface area contributed by atoms with E-state index in [-0.39, 0.29) is 12.2 Å². The molecule has 0 heterocycles. The highest BCUT2D eigenvalue weighted by atomic mass is 19.4. The first kappa shape index (κ1) is 14.9. The van der Waals surface area contributed by atoms with Crippen molar-refractivity contribution in [3.63, 3.8) is 0 Å². The van der Waals surface area contributed by atoms with Gasteiger partial charge in [-0.25, -0.2) is 4.39 Å². The lowest BCUT2D eigenvalue weighted by atomic mass is 10.0. The molecule has 1 aromatic rings. The van der Waals surface area contributed by atoms with Gasteiger partial charge in [0.15, 0.2) is 0 Å². The number of benzene rings is 1. The van der Waals surface area contributed by atoms with Crippen molar-refractivity contribution < 1.29 is 22.7 Å². The summed E-state index contributed by atoms with van der Waals surface area (Å²) in [6.45, 7) is 2.03. The van der Waals surface area contributed by atoms with Gasteiger partial charge in [0.25, 0.3) is 0 Å². The summed E-state index contributed by atoms with van der Waals surface area (Å²) in [6, 6.07) is 1.60. The highest BCUT2D eigenvalue weighted by Gasteiger charge is 2.31. The van der Waals surface area contributed by atoms with Crippen LogP contribution in [0, 0.1) is 5.82 Å². The molecule has 0 aliphatic heterocycles. The highest BCUT2D eigenvalue weighted by molar-refractivity contribution is 5.29. The third-order valence-electron chi connectivity index (χ3n) is 2.47. The van der Waals surface area contributed by atoms with Crippen LogP contribution >= 0.6 is 0 Å². The van der Waals surface area contributed by atoms with E-state index in [1.807, 2.05) is 6.92 Å². The second-order valence-corrected chi connectivity index (χ2v) is 3.96. The molecule has 2 N–H and O–H groups in total. The molecule has 0 aliphatic carbocycles. The zero-order valence-electron chi connectivity index (χ0n) is 9.89. The fourth-order valence-corrected chi connectivity index (χ4v) is 1.58. The maximum Gasteiger partial charge on any atom is 0.416 e. The van der Waals surface area contributed by atoms with E-state index in [2.05, 4.69) is 5.32 Å². The van der Waals surface area contributed by atoms with Gasteiger partial charge < -0.3 is 10.4 Å². The fraction of sp³-hybridized carbons (Fsp3) is 0.500. The summed E-state index contributed by atoms with van der Waals surface area (Å²) in [7, 11) is 0. The molecule has 0 fully saturated rings. The molecule has 1 atom stereocenters. The molecule has 1 unspecified atom stereocenters. The lowest BCUT2D eigenvalue weighted by Crippen LogP contribution is -2.25. The average Bonchev–Trinajstić information content (AvgIpc) is 2.28. The molecule has 0 spiro atoms. The van der Waals surface area contributed by atoms with Gasteiger partial charge in [0.2, 0.25) is 0 Å². The van der Waals surface area contributed by atoms with E-state index in [1.165, 1.54) is 0 Å². The fourth-order valence-electron chi connectivity index (χ4n) is 1.58. The van der Waals surface area contributed by atoms with Gasteiger partial charge in [0, 0.05) is 0 Å². The summed E-state index contributed by atoms with van der Waals surface area (Å²) in [5, 5.41) is 12.0. The summed E-state index contributed by atoms with van der Waals surface area (Å²) in [4.78, 5) is 0. The number of hydrogen-bond donors (Lipinski definition) is 2. The van der Waals surface area contributed by atoms with E-state index in [0.717, 1.165) is 18.6 Å². The number of rotatable bonds is 5. The van der Waals surface area contributed by atoms with Gasteiger partial charge in [-0.15, -0.1) is 0 Å². The minimum Gasteiger partial charge on any atom is -0.394 e. The minimum atomic E-state index is -4.60. The second-order valence-electron chi connectivity index (χ2n) is 3.96. The van der Waals surface area contributed by atoms with Crippen molar-refractivity contribution in [2.45, 2.75) is 25.6 Å². The van der Waals surface area contributed by atoms with Crippen LogP contribution < -0.4 is 5.32 Å². The van der Waals surface area contributed by atoms with E-state index in [9.17, 15) is 17.6 Å². The molecule has 0 aromatic heterocycles. The molecule has 0 radical (unpaired) electrons. The van der Waals surface area contributed by atoms with Crippen molar-refractivity contribution in [1.82, 2.24) is 5.32 Å². The zero-order chi connectivity index (χ0) is 13.8. The van der Waals surface area contributed by atoms with Gasteiger partial charge in [-0.1, -0.05) is 6.92 Å². The Labute approximate surface area is 103 Å². The number of hydrogen-bond acceptors (Lipinski definition) is 2. The zero-order valence-corrected chi connectivity index (χ0v) is 9.89. The monoisotopic (exact) mass is 265 g/mol. The largest absolute Gasteiger partial charge is 0.416 e. The average molecular weight is 265 g/mol. The Hall–Kier alpha value is -1.14. The van der Waals surface area contributed by atoms with Crippen LogP contribution in [0.15, 0.2) is 18.2 Å². The van der Waals surface area contributed by atoms with Crippen molar-refractivity contribution in [2.75, 3.05) is 13.2 Å². The lowest BCUT2D eigenvalue weighted by molar-refractivity contribution is -0.137. The van der Waals surface area contributed by atoms with Gasteiger partial charge in [0.1, 0.15) is 5.82 Å². The Morgan fingerprint density at radius 1 is 1.28 bits per heavy atom. The standard InChI is InChI=1S/C12H15F4NO/c1-2-3-17-11(7-18)8-4-9(12(14,15)16)6-10(13)5-8/h4-6,11,17-18H,2-3,7H2,1H3. The molecule has 18 heavy (non-hydrogen) atoms. The quantitative estimate of drug-likeness (QED) is 0.802. The molecule has 1 rings (SSSR count). The molecule has 0 saturated heterocycles. The molecular weight excluding hydrogens is 250 g/mol. The predicted octanol–water partition coefficient (Wildman–Crippen LogP) is 2.88. The SMILES string of the molecule is CCCNC(CO)c1cc(F)cc(C(F)(F)F)c1. The van der Waals surface area contributed by atoms with Crippen LogP contribution in [0.25, 0.3) is 0 Å². The minimum absolute atomic E-state index is 0.0956. The summed E-state index contributed by atoms with van der Waals surface area (Å²) < 4.78 is 50.7. The molecule has 1 aromatic carbocycles. The Kier molecular flexibility index (Phi) is 5.10. The van der Waals surface area contributed by atoms with Gasteiger partial charge >= 0.3 is 6.18 Å². The van der Waals surface area contributed by atoms with Gasteiger partial charge in [-0.2, -0.15) is 13.2 Å². The lowest BCUT2D eigenvalue weighted by Gasteiger charge is -2.18. The Morgan fingerprint density at radius 2 is 1.94 bits per heavy atom. The second kappa shape index (κ2) is 6.15. The number of halogens is 4. The van der Waals surface area contributed by atoms with E-state index in [0.29, 0.717) is 12.6 Å². The normalized spacial score (nSPS) is 13.7. The van der Waals surface area contributed by atoms with Gasteiger partial charge in [-0.3, -0.25) is 0 Å². The van der Waals surface area contributed by atoms with Crippen LogP contribution in [-0.4, -0.2) is 18.3 Å². The molecule has 0 saturated carbocycles. The smallest absolute Gasteiger partial charge is 0.394 e. The third-order valence-corrected chi connectivity index (χ3v) is 2.47. The van der Waals surface area contributed by atoms with E-state index in [4.69, 9.17) is 5.11 Å². The number of nitrogens with one attached hydrogen (secondary N) is 1. The van der Waals surface area contributed by atoms with Crippen LogP contribution in [0.2, 0.25) is 0 Å². The first-order chi connectivity index (χ1) is 8.38. The Morgan fingerprint density at radius 3 is 2.44 bits per heavy atom. The summed E-state index contributed by atoms with van der Waals surface area (Å²) >= 11 is 0. The molecular formula is C12H15F4NO. The van der Waals surface area contributed by atoms with Gasteiger partial charge in [0.05, 0.1) is 18.2 Å². The van der Waals surface area contributed by atoms with Crippen molar-refractivity contribution in [3.05, 3.63) is 35.1 Å². The summed E-state index contributed by atoms with van der Waals surface area (Å²) in [6.07, 6.45) is -3.83. The molecule has 2 nitrogen and oxygen atoms in total. The van der Waals surface area contributed by atoms with Crippen molar-refractivity contribution in [2.24, 2.45) is 0 Å². The van der Waals surface area contributed by atoms with Crippen molar-refractivity contribution >= 4 is 0 Å². The molecule has 102 valence electrons. The maximum atomic E-state index is 13.2. The van der Waals surface area contributed by atoms with E-state index >= 15 is 0 Å². The first-order valence-corrected chi connectivity index (χ1v) is 5.60. The maximum absolute atomic E-state index is 13.2. The van der Waals surface area contributed by atoms with Crippen LogP contribution in [0.5, 0.6) is 0 Å². The molecule has 6 heteroatoms. The Balaban J connectivity index is 3.04. The van der Waals surface area contributed by atoms with Crippen LogP contribution in [-0.2, 0) is 6.18 Å².